The highest BCUT2D eigenvalue weighted by molar-refractivity contribution is 5.96. The Hall–Kier alpha value is -2.62. The highest BCUT2D eigenvalue weighted by Crippen LogP contribution is 2.12. The van der Waals surface area contributed by atoms with Crippen LogP contribution in [-0.4, -0.2) is 30.3 Å². The summed E-state index contributed by atoms with van der Waals surface area (Å²) in [6, 6.07) is 15.1. The van der Waals surface area contributed by atoms with Crippen molar-refractivity contribution in [3.05, 3.63) is 70.8 Å². The van der Waals surface area contributed by atoms with Crippen molar-refractivity contribution in [2.75, 3.05) is 13.6 Å². The van der Waals surface area contributed by atoms with E-state index in [1.54, 1.807) is 36.2 Å². The molecular formula is C19H22N2O2. The van der Waals surface area contributed by atoms with E-state index >= 15 is 0 Å². The molecule has 0 heterocycles. The van der Waals surface area contributed by atoms with E-state index in [1.165, 1.54) is 5.56 Å². The van der Waals surface area contributed by atoms with Gasteiger partial charge < -0.3 is 10.2 Å². The minimum Gasteiger partial charge on any atom is -0.343 e. The Balaban J connectivity index is 1.89. The van der Waals surface area contributed by atoms with Crippen molar-refractivity contribution in [3.63, 3.8) is 0 Å². The van der Waals surface area contributed by atoms with E-state index in [2.05, 4.69) is 11.4 Å². The molecule has 120 valence electrons. The summed E-state index contributed by atoms with van der Waals surface area (Å²) in [6.07, 6.45) is 0. The maximum atomic E-state index is 12.2. The van der Waals surface area contributed by atoms with Crippen LogP contribution in [0.1, 0.15) is 27.0 Å². The molecule has 4 heteroatoms. The lowest BCUT2D eigenvalue weighted by molar-refractivity contribution is -0.129. The lowest BCUT2D eigenvalue weighted by Gasteiger charge is -2.19. The predicted octanol–water partition coefficient (Wildman–Crippen LogP) is 2.69. The summed E-state index contributed by atoms with van der Waals surface area (Å²) < 4.78 is 0. The topological polar surface area (TPSA) is 49.4 Å². The van der Waals surface area contributed by atoms with Crippen molar-refractivity contribution >= 4 is 11.8 Å². The second kappa shape index (κ2) is 7.58. The van der Waals surface area contributed by atoms with Crippen LogP contribution in [0.4, 0.5) is 0 Å². The summed E-state index contributed by atoms with van der Waals surface area (Å²) in [5.41, 5.74) is 4.03. The van der Waals surface area contributed by atoms with Gasteiger partial charge in [0.25, 0.3) is 5.91 Å². The van der Waals surface area contributed by atoms with E-state index < -0.39 is 0 Å². The summed E-state index contributed by atoms with van der Waals surface area (Å²) in [5, 5.41) is 2.66. The molecule has 0 aliphatic rings. The Labute approximate surface area is 137 Å². The summed E-state index contributed by atoms with van der Waals surface area (Å²) in [7, 11) is 1.75. The Bertz CT molecular complexity index is 696. The zero-order valence-corrected chi connectivity index (χ0v) is 13.8. The lowest BCUT2D eigenvalue weighted by Crippen LogP contribution is -2.37. The van der Waals surface area contributed by atoms with Gasteiger partial charge in [-0.2, -0.15) is 0 Å². The molecule has 0 saturated heterocycles. The monoisotopic (exact) mass is 310 g/mol. The van der Waals surface area contributed by atoms with Gasteiger partial charge in [0.05, 0.1) is 6.54 Å². The first kappa shape index (κ1) is 16.7. The van der Waals surface area contributed by atoms with Crippen LogP contribution in [0.3, 0.4) is 0 Å². The smallest absolute Gasteiger partial charge is 0.251 e. The quantitative estimate of drug-likeness (QED) is 0.923. The molecule has 0 bridgehead atoms. The average molecular weight is 310 g/mol. The molecule has 2 rings (SSSR count). The second-order valence-corrected chi connectivity index (χ2v) is 5.73. The fourth-order valence-electron chi connectivity index (χ4n) is 2.35. The van der Waals surface area contributed by atoms with Gasteiger partial charge in [0.15, 0.2) is 0 Å². The molecule has 0 fully saturated rings. The molecule has 23 heavy (non-hydrogen) atoms. The molecule has 0 aliphatic heterocycles. The molecule has 0 aromatic heterocycles. The van der Waals surface area contributed by atoms with Crippen molar-refractivity contribution < 1.29 is 9.59 Å². The Morgan fingerprint density at radius 3 is 2.39 bits per heavy atom. The van der Waals surface area contributed by atoms with Crippen molar-refractivity contribution in [2.45, 2.75) is 20.4 Å². The van der Waals surface area contributed by atoms with E-state index in [1.807, 2.05) is 32.0 Å². The fraction of sp³-hybridized carbons (Fsp3) is 0.263. The number of aryl methyl sites for hydroxylation is 2. The van der Waals surface area contributed by atoms with Crippen LogP contribution in [0.25, 0.3) is 0 Å². The SMILES string of the molecule is Cc1ccc(CN(C)C(=O)CNC(=O)c2ccccc2)c(C)c1. The highest BCUT2D eigenvalue weighted by Gasteiger charge is 2.12. The molecule has 0 atom stereocenters. The van der Waals surface area contributed by atoms with Gasteiger partial charge in [-0.15, -0.1) is 0 Å². The second-order valence-electron chi connectivity index (χ2n) is 5.73. The molecule has 0 saturated carbocycles. The number of carbonyl (C=O) groups excluding carboxylic acids is 2. The van der Waals surface area contributed by atoms with Crippen LogP contribution in [0.15, 0.2) is 48.5 Å². The van der Waals surface area contributed by atoms with Gasteiger partial charge >= 0.3 is 0 Å². The number of hydrogen-bond donors (Lipinski definition) is 1. The van der Waals surface area contributed by atoms with Gasteiger partial charge in [-0.3, -0.25) is 9.59 Å². The number of benzene rings is 2. The van der Waals surface area contributed by atoms with E-state index in [9.17, 15) is 9.59 Å². The van der Waals surface area contributed by atoms with Crippen LogP contribution >= 0.6 is 0 Å². The fourth-order valence-corrected chi connectivity index (χ4v) is 2.35. The van der Waals surface area contributed by atoms with Crippen molar-refractivity contribution in [3.8, 4) is 0 Å². The molecule has 2 aromatic carbocycles. The zero-order valence-electron chi connectivity index (χ0n) is 13.8. The third-order valence-corrected chi connectivity index (χ3v) is 3.77. The van der Waals surface area contributed by atoms with Gasteiger partial charge in [0.2, 0.25) is 5.91 Å². The maximum Gasteiger partial charge on any atom is 0.251 e. The van der Waals surface area contributed by atoms with Crippen LogP contribution in [0, 0.1) is 13.8 Å². The Kier molecular flexibility index (Phi) is 5.52. The zero-order chi connectivity index (χ0) is 16.8. The van der Waals surface area contributed by atoms with Gasteiger partial charge in [-0.25, -0.2) is 0 Å². The van der Waals surface area contributed by atoms with Crippen molar-refractivity contribution in [1.82, 2.24) is 10.2 Å². The Morgan fingerprint density at radius 1 is 1.04 bits per heavy atom. The number of hydrogen-bond acceptors (Lipinski definition) is 2. The summed E-state index contributed by atoms with van der Waals surface area (Å²) in [5.74, 6) is -0.354. The summed E-state index contributed by atoms with van der Waals surface area (Å²) >= 11 is 0. The third kappa shape index (κ3) is 4.68. The molecule has 1 N–H and O–H groups in total. The maximum absolute atomic E-state index is 12.2. The normalized spacial score (nSPS) is 10.2. The standard InChI is InChI=1S/C19H22N2O2/c1-14-9-10-17(15(2)11-14)13-21(3)18(22)12-20-19(23)16-7-5-4-6-8-16/h4-11H,12-13H2,1-3H3,(H,20,23). The minimum atomic E-state index is -0.237. The van der Waals surface area contributed by atoms with Crippen LogP contribution < -0.4 is 5.32 Å². The minimum absolute atomic E-state index is 0.00482. The number of nitrogens with one attached hydrogen (secondary N) is 1. The van der Waals surface area contributed by atoms with Gasteiger partial charge in [-0.1, -0.05) is 42.0 Å². The molecule has 0 radical (unpaired) electrons. The van der Waals surface area contributed by atoms with E-state index in [0.29, 0.717) is 12.1 Å². The van der Waals surface area contributed by atoms with Crippen LogP contribution in [0.2, 0.25) is 0 Å². The number of likely N-dealkylation sites (N-methyl/N-ethyl adjacent to an activating group) is 1. The molecule has 0 aliphatic carbocycles. The highest BCUT2D eigenvalue weighted by atomic mass is 16.2. The first-order valence-corrected chi connectivity index (χ1v) is 7.60. The largest absolute Gasteiger partial charge is 0.343 e. The molecule has 2 aromatic rings. The van der Waals surface area contributed by atoms with E-state index in [4.69, 9.17) is 0 Å². The molecule has 4 nitrogen and oxygen atoms in total. The lowest BCUT2D eigenvalue weighted by atomic mass is 10.1. The number of nitrogens with zero attached hydrogens (tertiary/aromatic N) is 1. The van der Waals surface area contributed by atoms with Crippen LogP contribution in [-0.2, 0) is 11.3 Å². The number of amides is 2. The summed E-state index contributed by atoms with van der Waals surface area (Å²) in [4.78, 5) is 25.7. The molecule has 0 spiro atoms. The molecule has 2 amide bonds. The molecular weight excluding hydrogens is 288 g/mol. The van der Waals surface area contributed by atoms with Gasteiger partial charge in [0, 0.05) is 19.2 Å². The first-order chi connectivity index (χ1) is 11.0. The Morgan fingerprint density at radius 2 is 1.74 bits per heavy atom. The summed E-state index contributed by atoms with van der Waals surface area (Å²) in [6.45, 7) is 4.61. The van der Waals surface area contributed by atoms with Gasteiger partial charge in [-0.05, 0) is 37.1 Å². The van der Waals surface area contributed by atoms with Gasteiger partial charge in [0.1, 0.15) is 0 Å². The first-order valence-electron chi connectivity index (χ1n) is 7.60. The van der Waals surface area contributed by atoms with Crippen LogP contribution in [0.5, 0.6) is 0 Å². The van der Waals surface area contributed by atoms with Crippen molar-refractivity contribution in [1.29, 1.82) is 0 Å². The molecule has 0 unspecified atom stereocenters. The number of carbonyl (C=O) groups is 2. The average Bonchev–Trinajstić information content (AvgIpc) is 2.55. The number of rotatable bonds is 5. The van der Waals surface area contributed by atoms with E-state index in [-0.39, 0.29) is 18.4 Å². The van der Waals surface area contributed by atoms with Crippen molar-refractivity contribution in [2.24, 2.45) is 0 Å². The predicted molar refractivity (Wildman–Crippen MR) is 91.2 cm³/mol. The van der Waals surface area contributed by atoms with E-state index in [0.717, 1.165) is 11.1 Å². The third-order valence-electron chi connectivity index (χ3n) is 3.77.